The Kier molecular flexibility index (Phi) is 3.93. The third-order valence-electron chi connectivity index (χ3n) is 2.89. The Morgan fingerprint density at radius 1 is 1.37 bits per heavy atom. The molecule has 3 N–H and O–H groups in total. The van der Waals surface area contributed by atoms with E-state index in [2.05, 4.69) is 10.3 Å². The maximum absolute atomic E-state index is 11.8. The standard InChI is InChI=1S/C14H15ClN2O2/c1-14(19,10-5-2-3-6-11(10)15)9-17-13(18)12-7-4-8-16-12/h2-8,16,19H,9H2,1H3,(H,17,18)/t14-/m0/s1. The molecule has 0 aliphatic carbocycles. The minimum Gasteiger partial charge on any atom is -0.384 e. The molecule has 0 radical (unpaired) electrons. The molecule has 0 aliphatic heterocycles. The molecule has 4 nitrogen and oxygen atoms in total. The first-order valence-electron chi connectivity index (χ1n) is 5.90. The van der Waals surface area contributed by atoms with Crippen LogP contribution in [0.15, 0.2) is 42.6 Å². The Morgan fingerprint density at radius 2 is 2.11 bits per heavy atom. The molecule has 0 unspecified atom stereocenters. The fourth-order valence-corrected chi connectivity index (χ4v) is 2.15. The number of rotatable bonds is 4. The molecule has 0 saturated heterocycles. The fraction of sp³-hybridized carbons (Fsp3) is 0.214. The number of amides is 1. The van der Waals surface area contributed by atoms with Gasteiger partial charge in [-0.25, -0.2) is 0 Å². The number of hydrogen-bond donors (Lipinski definition) is 3. The molecule has 1 amide bonds. The van der Waals surface area contributed by atoms with Gasteiger partial charge in [0.15, 0.2) is 0 Å². The molecule has 0 fully saturated rings. The number of nitrogens with one attached hydrogen (secondary N) is 2. The number of H-pyrrole nitrogens is 1. The third kappa shape index (κ3) is 3.16. The van der Waals surface area contributed by atoms with Crippen molar-refractivity contribution in [1.29, 1.82) is 0 Å². The summed E-state index contributed by atoms with van der Waals surface area (Å²) in [6, 6.07) is 10.4. The minimum absolute atomic E-state index is 0.0780. The van der Waals surface area contributed by atoms with Crippen molar-refractivity contribution in [2.45, 2.75) is 12.5 Å². The van der Waals surface area contributed by atoms with Crippen molar-refractivity contribution in [3.8, 4) is 0 Å². The monoisotopic (exact) mass is 278 g/mol. The molecule has 1 atom stereocenters. The topological polar surface area (TPSA) is 65.1 Å². The predicted molar refractivity (Wildman–Crippen MR) is 74.1 cm³/mol. The van der Waals surface area contributed by atoms with Crippen LogP contribution in [-0.2, 0) is 5.60 Å². The number of aromatic nitrogens is 1. The molecule has 2 rings (SSSR count). The number of aromatic amines is 1. The van der Waals surface area contributed by atoms with Crippen LogP contribution in [0.2, 0.25) is 5.02 Å². The molecule has 5 heteroatoms. The average molecular weight is 279 g/mol. The Morgan fingerprint density at radius 3 is 2.74 bits per heavy atom. The summed E-state index contributed by atoms with van der Waals surface area (Å²) in [6.07, 6.45) is 1.67. The molecular formula is C14H15ClN2O2. The number of carbonyl (C=O) groups excluding carboxylic acids is 1. The summed E-state index contributed by atoms with van der Waals surface area (Å²) in [5, 5.41) is 13.5. The molecule has 19 heavy (non-hydrogen) atoms. The van der Waals surface area contributed by atoms with Crippen LogP contribution in [0.4, 0.5) is 0 Å². The zero-order valence-electron chi connectivity index (χ0n) is 10.5. The van der Waals surface area contributed by atoms with Gasteiger partial charge in [0.05, 0.1) is 6.54 Å². The van der Waals surface area contributed by atoms with Gasteiger partial charge >= 0.3 is 0 Å². The van der Waals surface area contributed by atoms with E-state index in [9.17, 15) is 9.90 Å². The molecule has 100 valence electrons. The van der Waals surface area contributed by atoms with E-state index in [1.807, 2.05) is 0 Å². The number of benzene rings is 1. The maximum atomic E-state index is 11.8. The zero-order chi connectivity index (χ0) is 13.9. The molecule has 1 aromatic carbocycles. The second-order valence-corrected chi connectivity index (χ2v) is 4.93. The summed E-state index contributed by atoms with van der Waals surface area (Å²) >= 11 is 6.04. The van der Waals surface area contributed by atoms with Crippen molar-refractivity contribution < 1.29 is 9.90 Å². The average Bonchev–Trinajstić information content (AvgIpc) is 2.90. The molecule has 1 aromatic heterocycles. The Hall–Kier alpha value is -1.78. The normalized spacial score (nSPS) is 13.8. The van der Waals surface area contributed by atoms with Crippen LogP contribution in [-0.4, -0.2) is 22.5 Å². The highest BCUT2D eigenvalue weighted by atomic mass is 35.5. The Bertz CT molecular complexity index is 565. The first kappa shape index (κ1) is 13.6. The van der Waals surface area contributed by atoms with E-state index in [1.165, 1.54) is 0 Å². The zero-order valence-corrected chi connectivity index (χ0v) is 11.2. The first-order valence-corrected chi connectivity index (χ1v) is 6.27. The third-order valence-corrected chi connectivity index (χ3v) is 3.22. The second kappa shape index (κ2) is 5.47. The van der Waals surface area contributed by atoms with Gasteiger partial charge < -0.3 is 15.4 Å². The summed E-state index contributed by atoms with van der Waals surface area (Å²) in [5.41, 5.74) is -0.181. The summed E-state index contributed by atoms with van der Waals surface area (Å²) in [7, 11) is 0. The van der Waals surface area contributed by atoms with Crippen LogP contribution in [0.3, 0.4) is 0 Å². The van der Waals surface area contributed by atoms with Crippen molar-refractivity contribution in [1.82, 2.24) is 10.3 Å². The van der Waals surface area contributed by atoms with Gasteiger partial charge in [-0.2, -0.15) is 0 Å². The van der Waals surface area contributed by atoms with Crippen molar-refractivity contribution in [3.05, 3.63) is 58.9 Å². The van der Waals surface area contributed by atoms with E-state index in [1.54, 1.807) is 49.5 Å². The van der Waals surface area contributed by atoms with Crippen molar-refractivity contribution >= 4 is 17.5 Å². The van der Waals surface area contributed by atoms with E-state index < -0.39 is 5.60 Å². The van der Waals surface area contributed by atoms with Gasteiger partial charge in [-0.15, -0.1) is 0 Å². The Labute approximate surface area is 116 Å². The van der Waals surface area contributed by atoms with Gasteiger partial charge in [-0.05, 0) is 25.1 Å². The van der Waals surface area contributed by atoms with Gasteiger partial charge in [0.2, 0.25) is 0 Å². The largest absolute Gasteiger partial charge is 0.384 e. The van der Waals surface area contributed by atoms with Crippen LogP contribution in [0.5, 0.6) is 0 Å². The van der Waals surface area contributed by atoms with E-state index in [0.717, 1.165) is 0 Å². The quantitative estimate of drug-likeness (QED) is 0.803. The van der Waals surface area contributed by atoms with Gasteiger partial charge in [0.25, 0.3) is 5.91 Å². The van der Waals surface area contributed by atoms with Crippen LogP contribution < -0.4 is 5.32 Å². The van der Waals surface area contributed by atoms with Gasteiger partial charge in [0.1, 0.15) is 11.3 Å². The second-order valence-electron chi connectivity index (χ2n) is 4.52. The summed E-state index contributed by atoms with van der Waals surface area (Å²) in [6.45, 7) is 1.69. The molecule has 0 spiro atoms. The van der Waals surface area contributed by atoms with Crippen LogP contribution in [0.1, 0.15) is 23.0 Å². The molecule has 0 bridgehead atoms. The van der Waals surface area contributed by atoms with Crippen molar-refractivity contribution in [2.75, 3.05) is 6.54 Å². The van der Waals surface area contributed by atoms with Gasteiger partial charge in [-0.1, -0.05) is 29.8 Å². The van der Waals surface area contributed by atoms with E-state index in [-0.39, 0.29) is 12.5 Å². The molecule has 0 saturated carbocycles. The number of hydrogen-bond acceptors (Lipinski definition) is 2. The number of aliphatic hydroxyl groups is 1. The highest BCUT2D eigenvalue weighted by Crippen LogP contribution is 2.27. The summed E-state index contributed by atoms with van der Waals surface area (Å²) < 4.78 is 0. The number of halogens is 1. The lowest BCUT2D eigenvalue weighted by Gasteiger charge is -2.25. The van der Waals surface area contributed by atoms with Crippen LogP contribution in [0, 0.1) is 0 Å². The fourth-order valence-electron chi connectivity index (χ4n) is 1.81. The van der Waals surface area contributed by atoms with E-state index >= 15 is 0 Å². The minimum atomic E-state index is -1.22. The lowest BCUT2D eigenvalue weighted by molar-refractivity contribution is 0.0526. The van der Waals surface area contributed by atoms with E-state index in [4.69, 9.17) is 11.6 Å². The van der Waals surface area contributed by atoms with E-state index in [0.29, 0.717) is 16.3 Å². The van der Waals surface area contributed by atoms with Crippen molar-refractivity contribution in [3.63, 3.8) is 0 Å². The lowest BCUT2D eigenvalue weighted by atomic mass is 9.96. The van der Waals surface area contributed by atoms with Crippen molar-refractivity contribution in [2.24, 2.45) is 0 Å². The number of carbonyl (C=O) groups is 1. The molecule has 0 aliphatic rings. The van der Waals surface area contributed by atoms with Crippen LogP contribution in [0.25, 0.3) is 0 Å². The van der Waals surface area contributed by atoms with Crippen LogP contribution >= 0.6 is 11.6 Å². The maximum Gasteiger partial charge on any atom is 0.267 e. The van der Waals surface area contributed by atoms with Gasteiger partial charge in [-0.3, -0.25) is 4.79 Å². The highest BCUT2D eigenvalue weighted by Gasteiger charge is 2.26. The summed E-state index contributed by atoms with van der Waals surface area (Å²) in [5.74, 6) is -0.266. The molecule has 2 aromatic rings. The van der Waals surface area contributed by atoms with Gasteiger partial charge in [0, 0.05) is 16.8 Å². The molecular weight excluding hydrogens is 264 g/mol. The predicted octanol–water partition coefficient (Wildman–Crippen LogP) is 2.31. The SMILES string of the molecule is C[C@](O)(CNC(=O)c1ccc[nH]1)c1ccccc1Cl. The summed E-state index contributed by atoms with van der Waals surface area (Å²) in [4.78, 5) is 14.6. The lowest BCUT2D eigenvalue weighted by Crippen LogP contribution is -2.38. The first-order chi connectivity index (χ1) is 9.00. The highest BCUT2D eigenvalue weighted by molar-refractivity contribution is 6.31. The smallest absolute Gasteiger partial charge is 0.267 e. The molecule has 1 heterocycles. The Balaban J connectivity index is 2.06.